The monoisotopic (exact) mass is 305 g/mol. The molecule has 2 atom stereocenters. The van der Waals surface area contributed by atoms with Crippen LogP contribution in [-0.4, -0.2) is 50.7 Å². The van der Waals surface area contributed by atoms with Gasteiger partial charge in [-0.3, -0.25) is 4.79 Å². The average Bonchev–Trinajstić information content (AvgIpc) is 2.34. The van der Waals surface area contributed by atoms with E-state index >= 15 is 0 Å². The molecule has 1 saturated heterocycles. The molecule has 20 heavy (non-hydrogen) atoms. The van der Waals surface area contributed by atoms with Crippen LogP contribution >= 0.6 is 0 Å². The van der Waals surface area contributed by atoms with E-state index in [0.29, 0.717) is 18.9 Å². The highest BCUT2D eigenvalue weighted by molar-refractivity contribution is 7.88. The molecule has 1 aliphatic rings. The lowest BCUT2D eigenvalue weighted by atomic mass is 9.98. The average molecular weight is 305 g/mol. The van der Waals surface area contributed by atoms with E-state index in [9.17, 15) is 13.2 Å². The van der Waals surface area contributed by atoms with Gasteiger partial charge in [0.1, 0.15) is 0 Å². The first-order chi connectivity index (χ1) is 9.20. The molecule has 1 rings (SSSR count). The molecule has 0 spiro atoms. The van der Waals surface area contributed by atoms with Crippen LogP contribution in [0, 0.1) is 5.92 Å². The molecule has 1 amide bonds. The molecular formula is C13H27N3O3S. The number of carbonyl (C=O) groups is 1. The van der Waals surface area contributed by atoms with Crippen molar-refractivity contribution in [2.45, 2.75) is 51.6 Å². The van der Waals surface area contributed by atoms with Crippen molar-refractivity contribution < 1.29 is 13.2 Å². The Balaban J connectivity index is 2.65. The van der Waals surface area contributed by atoms with E-state index in [1.807, 2.05) is 13.8 Å². The summed E-state index contributed by atoms with van der Waals surface area (Å²) >= 11 is 0. The molecule has 0 radical (unpaired) electrons. The Morgan fingerprint density at radius 1 is 1.40 bits per heavy atom. The van der Waals surface area contributed by atoms with Gasteiger partial charge in [-0.25, -0.2) is 13.1 Å². The Morgan fingerprint density at radius 3 is 2.60 bits per heavy atom. The van der Waals surface area contributed by atoms with Crippen LogP contribution < -0.4 is 10.5 Å². The van der Waals surface area contributed by atoms with E-state index < -0.39 is 16.1 Å². The van der Waals surface area contributed by atoms with Crippen LogP contribution in [0.5, 0.6) is 0 Å². The van der Waals surface area contributed by atoms with Gasteiger partial charge in [-0.15, -0.1) is 0 Å². The number of sulfonamides is 1. The highest BCUT2D eigenvalue weighted by Gasteiger charge is 2.30. The number of rotatable bonds is 6. The second-order valence-electron chi connectivity index (χ2n) is 6.04. The zero-order valence-corrected chi connectivity index (χ0v) is 13.4. The van der Waals surface area contributed by atoms with Gasteiger partial charge >= 0.3 is 0 Å². The van der Waals surface area contributed by atoms with Crippen LogP contribution in [-0.2, 0) is 14.8 Å². The quantitative estimate of drug-likeness (QED) is 0.737. The summed E-state index contributed by atoms with van der Waals surface area (Å²) in [5, 5.41) is 0. The number of hydrogen-bond donors (Lipinski definition) is 2. The molecule has 3 N–H and O–H groups in total. The van der Waals surface area contributed by atoms with Crippen molar-refractivity contribution in [2.24, 2.45) is 11.7 Å². The van der Waals surface area contributed by atoms with Crippen molar-refractivity contribution in [2.75, 3.05) is 19.3 Å². The first kappa shape index (κ1) is 17.4. The molecule has 0 aromatic carbocycles. The fourth-order valence-corrected chi connectivity index (χ4v) is 3.07. The number of nitrogens with zero attached hydrogens (tertiary/aromatic N) is 1. The van der Waals surface area contributed by atoms with Crippen LogP contribution in [0.4, 0.5) is 0 Å². The van der Waals surface area contributed by atoms with Crippen LogP contribution in [0.2, 0.25) is 0 Å². The first-order valence-corrected chi connectivity index (χ1v) is 9.10. The third-order valence-electron chi connectivity index (χ3n) is 3.53. The lowest BCUT2D eigenvalue weighted by Gasteiger charge is -2.37. The van der Waals surface area contributed by atoms with Crippen molar-refractivity contribution in [3.8, 4) is 0 Å². The van der Waals surface area contributed by atoms with Crippen molar-refractivity contribution in [3.05, 3.63) is 0 Å². The smallest absolute Gasteiger partial charge is 0.239 e. The minimum absolute atomic E-state index is 0.0568. The van der Waals surface area contributed by atoms with Gasteiger partial charge < -0.3 is 10.6 Å². The minimum Gasteiger partial charge on any atom is -0.337 e. The van der Waals surface area contributed by atoms with E-state index in [1.54, 1.807) is 4.90 Å². The molecule has 1 fully saturated rings. The topological polar surface area (TPSA) is 92.5 Å². The first-order valence-electron chi connectivity index (χ1n) is 7.21. The molecule has 0 aromatic rings. The minimum atomic E-state index is -3.23. The normalized spacial score (nSPS) is 22.1. The molecule has 118 valence electrons. The molecule has 1 unspecified atom stereocenters. The summed E-state index contributed by atoms with van der Waals surface area (Å²) in [4.78, 5) is 14.2. The highest BCUT2D eigenvalue weighted by atomic mass is 32.2. The maximum Gasteiger partial charge on any atom is 0.239 e. The molecule has 0 bridgehead atoms. The SMILES string of the molecule is CC(C)C[C@@H](N)C(=O)N1CCCCC1CNS(C)(=O)=O. The predicted molar refractivity (Wildman–Crippen MR) is 79.6 cm³/mol. The lowest BCUT2D eigenvalue weighted by molar-refractivity contribution is -0.136. The van der Waals surface area contributed by atoms with E-state index in [2.05, 4.69) is 4.72 Å². The predicted octanol–water partition coefficient (Wildman–Crippen LogP) is 0.290. The molecule has 0 aliphatic carbocycles. The molecule has 1 heterocycles. The molecule has 1 aliphatic heterocycles. The third kappa shape index (κ3) is 5.76. The van der Waals surface area contributed by atoms with Crippen molar-refractivity contribution in [1.29, 1.82) is 0 Å². The zero-order chi connectivity index (χ0) is 15.3. The zero-order valence-electron chi connectivity index (χ0n) is 12.6. The second-order valence-corrected chi connectivity index (χ2v) is 7.87. The number of amides is 1. The van der Waals surface area contributed by atoms with Crippen molar-refractivity contribution >= 4 is 15.9 Å². The van der Waals surface area contributed by atoms with Crippen LogP contribution in [0.15, 0.2) is 0 Å². The maximum atomic E-state index is 12.4. The fraction of sp³-hybridized carbons (Fsp3) is 0.923. The maximum absolute atomic E-state index is 12.4. The third-order valence-corrected chi connectivity index (χ3v) is 4.22. The van der Waals surface area contributed by atoms with E-state index in [4.69, 9.17) is 5.73 Å². The van der Waals surface area contributed by atoms with Crippen LogP contribution in [0.3, 0.4) is 0 Å². The van der Waals surface area contributed by atoms with E-state index in [1.165, 1.54) is 0 Å². The van der Waals surface area contributed by atoms with Gasteiger partial charge in [-0.2, -0.15) is 0 Å². The molecule has 7 heteroatoms. The van der Waals surface area contributed by atoms with Gasteiger partial charge in [0.2, 0.25) is 15.9 Å². The number of nitrogens with two attached hydrogens (primary N) is 1. The summed E-state index contributed by atoms with van der Waals surface area (Å²) in [6.07, 6.45) is 4.57. The van der Waals surface area contributed by atoms with Gasteiger partial charge in [0.25, 0.3) is 0 Å². The van der Waals surface area contributed by atoms with Crippen LogP contribution in [0.25, 0.3) is 0 Å². The molecule has 6 nitrogen and oxygen atoms in total. The van der Waals surface area contributed by atoms with E-state index in [0.717, 1.165) is 25.5 Å². The Labute approximate surface area is 122 Å². The standard InChI is InChI=1S/C13H27N3O3S/c1-10(2)8-12(14)13(17)16-7-5-4-6-11(16)9-15-20(3,18)19/h10-12,15H,4-9,14H2,1-3H3/t11?,12-/m1/s1. The lowest BCUT2D eigenvalue weighted by Crippen LogP contribution is -2.54. The number of carbonyl (C=O) groups excluding carboxylic acids is 1. The Hall–Kier alpha value is -0.660. The number of nitrogens with one attached hydrogen (secondary N) is 1. The van der Waals surface area contributed by atoms with Gasteiger partial charge in [0, 0.05) is 19.1 Å². The number of piperidine rings is 1. The summed E-state index contributed by atoms with van der Waals surface area (Å²) < 4.78 is 24.9. The number of hydrogen-bond acceptors (Lipinski definition) is 4. The summed E-state index contributed by atoms with van der Waals surface area (Å²) in [6, 6.07) is -0.571. The Kier molecular flexibility index (Phi) is 6.42. The molecule has 0 saturated carbocycles. The number of likely N-dealkylation sites (tertiary alicyclic amines) is 1. The molecular weight excluding hydrogens is 278 g/mol. The fourth-order valence-electron chi connectivity index (χ4n) is 2.57. The Bertz CT molecular complexity index is 423. The highest BCUT2D eigenvalue weighted by Crippen LogP contribution is 2.18. The van der Waals surface area contributed by atoms with Gasteiger partial charge in [-0.1, -0.05) is 13.8 Å². The van der Waals surface area contributed by atoms with E-state index in [-0.39, 0.29) is 18.5 Å². The van der Waals surface area contributed by atoms with Crippen molar-refractivity contribution in [1.82, 2.24) is 9.62 Å². The van der Waals surface area contributed by atoms with Gasteiger partial charge in [0.05, 0.1) is 12.3 Å². The van der Waals surface area contributed by atoms with Crippen LogP contribution in [0.1, 0.15) is 39.5 Å². The summed E-state index contributed by atoms with van der Waals surface area (Å²) in [6.45, 7) is 5.01. The Morgan fingerprint density at radius 2 is 2.05 bits per heavy atom. The van der Waals surface area contributed by atoms with Gasteiger partial charge in [-0.05, 0) is 31.6 Å². The largest absolute Gasteiger partial charge is 0.337 e. The second kappa shape index (κ2) is 7.38. The summed E-state index contributed by atoms with van der Waals surface area (Å²) in [5.41, 5.74) is 5.96. The summed E-state index contributed by atoms with van der Waals surface area (Å²) in [5.74, 6) is 0.310. The van der Waals surface area contributed by atoms with Gasteiger partial charge in [0.15, 0.2) is 0 Å². The summed E-state index contributed by atoms with van der Waals surface area (Å²) in [7, 11) is -3.23. The molecule has 0 aromatic heterocycles. The van der Waals surface area contributed by atoms with Crippen molar-refractivity contribution in [3.63, 3.8) is 0 Å².